The molecule has 0 aromatic carbocycles. The Morgan fingerprint density at radius 2 is 2.05 bits per heavy atom. The largest absolute Gasteiger partial charge is 0.478 e. The van der Waals surface area contributed by atoms with Crippen LogP contribution < -0.4 is 16.4 Å². The summed E-state index contributed by atoms with van der Waals surface area (Å²) in [5, 5.41) is 9.05. The first kappa shape index (κ1) is 14.1. The quantitative estimate of drug-likeness (QED) is 0.735. The zero-order valence-electron chi connectivity index (χ0n) is 11.1. The van der Waals surface area contributed by atoms with Crippen molar-refractivity contribution in [2.24, 2.45) is 11.7 Å². The second-order valence-electron chi connectivity index (χ2n) is 5.00. The Balaban J connectivity index is 2.09. The third kappa shape index (κ3) is 2.98. The fraction of sp³-hybridized carbons (Fsp3) is 0.462. The van der Waals surface area contributed by atoms with Crippen molar-refractivity contribution in [3.05, 3.63) is 17.8 Å². The maximum atomic E-state index is 11.1. The molecule has 1 aliphatic rings. The SMILES string of the molecule is NC(=O)CC1CCN(c2nccc(C(=O)O)c2N)CC1. The summed E-state index contributed by atoms with van der Waals surface area (Å²) in [6.07, 6.45) is 3.49. The van der Waals surface area contributed by atoms with Gasteiger partial charge in [0.25, 0.3) is 0 Å². The van der Waals surface area contributed by atoms with E-state index in [-0.39, 0.29) is 23.1 Å². The molecular formula is C13H18N4O3. The minimum atomic E-state index is -1.06. The first-order valence-corrected chi connectivity index (χ1v) is 6.50. The highest BCUT2D eigenvalue weighted by Crippen LogP contribution is 2.29. The van der Waals surface area contributed by atoms with Crippen molar-refractivity contribution in [3.63, 3.8) is 0 Å². The lowest BCUT2D eigenvalue weighted by Crippen LogP contribution is -2.36. The van der Waals surface area contributed by atoms with Gasteiger partial charge in [-0.15, -0.1) is 0 Å². The molecule has 1 aromatic heterocycles. The van der Waals surface area contributed by atoms with Gasteiger partial charge in [0.1, 0.15) is 0 Å². The topological polar surface area (TPSA) is 123 Å². The number of pyridine rings is 1. The highest BCUT2D eigenvalue weighted by molar-refractivity contribution is 5.96. The number of piperidine rings is 1. The van der Waals surface area contributed by atoms with Crippen LogP contribution in [-0.4, -0.2) is 35.1 Å². The summed E-state index contributed by atoms with van der Waals surface area (Å²) in [4.78, 5) is 28.1. The van der Waals surface area contributed by atoms with E-state index in [9.17, 15) is 9.59 Å². The van der Waals surface area contributed by atoms with E-state index in [1.807, 2.05) is 4.90 Å². The van der Waals surface area contributed by atoms with E-state index in [0.717, 1.165) is 12.8 Å². The van der Waals surface area contributed by atoms with E-state index < -0.39 is 5.97 Å². The number of carbonyl (C=O) groups is 2. The average Bonchev–Trinajstić information content (AvgIpc) is 2.39. The first-order chi connectivity index (χ1) is 9.49. The van der Waals surface area contributed by atoms with Crippen LogP contribution in [0.1, 0.15) is 29.6 Å². The number of hydrogen-bond acceptors (Lipinski definition) is 5. The van der Waals surface area contributed by atoms with Gasteiger partial charge in [-0.25, -0.2) is 9.78 Å². The van der Waals surface area contributed by atoms with Crippen molar-refractivity contribution in [3.8, 4) is 0 Å². The summed E-state index contributed by atoms with van der Waals surface area (Å²) < 4.78 is 0. The Bertz CT molecular complexity index is 524. The molecule has 0 atom stereocenters. The van der Waals surface area contributed by atoms with Crippen LogP contribution in [-0.2, 0) is 4.79 Å². The molecule has 7 nitrogen and oxygen atoms in total. The third-order valence-corrected chi connectivity index (χ3v) is 3.60. The fourth-order valence-electron chi connectivity index (χ4n) is 2.53. The van der Waals surface area contributed by atoms with Crippen molar-refractivity contribution in [1.82, 2.24) is 4.98 Å². The van der Waals surface area contributed by atoms with Crippen LogP contribution >= 0.6 is 0 Å². The van der Waals surface area contributed by atoms with E-state index in [1.165, 1.54) is 12.3 Å². The van der Waals surface area contributed by atoms with Gasteiger partial charge in [0.2, 0.25) is 5.91 Å². The van der Waals surface area contributed by atoms with Gasteiger partial charge in [-0.05, 0) is 24.8 Å². The average molecular weight is 278 g/mol. The van der Waals surface area contributed by atoms with E-state index in [4.69, 9.17) is 16.6 Å². The molecule has 0 spiro atoms. The maximum Gasteiger partial charge on any atom is 0.337 e. The molecule has 5 N–H and O–H groups in total. The molecule has 20 heavy (non-hydrogen) atoms. The molecule has 1 aliphatic heterocycles. The molecule has 0 unspecified atom stereocenters. The maximum absolute atomic E-state index is 11.1. The van der Waals surface area contributed by atoms with Gasteiger partial charge < -0.3 is 21.5 Å². The number of hydrogen-bond donors (Lipinski definition) is 3. The molecule has 1 saturated heterocycles. The van der Waals surface area contributed by atoms with Gasteiger partial charge in [-0.3, -0.25) is 4.79 Å². The molecule has 1 amide bonds. The van der Waals surface area contributed by atoms with Crippen LogP contribution in [0.5, 0.6) is 0 Å². The van der Waals surface area contributed by atoms with Crippen LogP contribution in [0.15, 0.2) is 12.3 Å². The van der Waals surface area contributed by atoms with Crippen molar-refractivity contribution in [2.45, 2.75) is 19.3 Å². The van der Waals surface area contributed by atoms with Gasteiger partial charge in [0.05, 0.1) is 11.3 Å². The number of aromatic carboxylic acids is 1. The van der Waals surface area contributed by atoms with Crippen molar-refractivity contribution < 1.29 is 14.7 Å². The number of primary amides is 1. The number of carboxylic acid groups (broad SMARTS) is 1. The number of rotatable bonds is 4. The van der Waals surface area contributed by atoms with E-state index in [0.29, 0.717) is 25.3 Å². The molecule has 0 bridgehead atoms. The summed E-state index contributed by atoms with van der Waals surface area (Å²) >= 11 is 0. The Morgan fingerprint density at radius 1 is 1.40 bits per heavy atom. The third-order valence-electron chi connectivity index (χ3n) is 3.60. The smallest absolute Gasteiger partial charge is 0.337 e. The lowest BCUT2D eigenvalue weighted by atomic mass is 9.93. The van der Waals surface area contributed by atoms with Crippen LogP contribution in [0.4, 0.5) is 11.5 Å². The second-order valence-corrected chi connectivity index (χ2v) is 5.00. The van der Waals surface area contributed by atoms with Gasteiger partial charge in [0.15, 0.2) is 5.82 Å². The number of nitrogens with zero attached hydrogens (tertiary/aromatic N) is 2. The monoisotopic (exact) mass is 278 g/mol. The number of nitrogens with two attached hydrogens (primary N) is 2. The van der Waals surface area contributed by atoms with E-state index >= 15 is 0 Å². The van der Waals surface area contributed by atoms with Gasteiger partial charge in [-0.1, -0.05) is 0 Å². The number of carboxylic acids is 1. The number of anilines is 2. The normalized spacial score (nSPS) is 16.1. The predicted molar refractivity (Wildman–Crippen MR) is 74.4 cm³/mol. The number of nitrogen functional groups attached to an aromatic ring is 1. The van der Waals surface area contributed by atoms with Gasteiger partial charge >= 0.3 is 5.97 Å². The number of carbonyl (C=O) groups excluding carboxylic acids is 1. The Kier molecular flexibility index (Phi) is 4.07. The molecule has 7 heteroatoms. The molecule has 2 heterocycles. The van der Waals surface area contributed by atoms with Gasteiger partial charge in [-0.2, -0.15) is 0 Å². The van der Waals surface area contributed by atoms with Crippen LogP contribution in [0.25, 0.3) is 0 Å². The van der Waals surface area contributed by atoms with Crippen LogP contribution in [0.3, 0.4) is 0 Å². The molecule has 0 aliphatic carbocycles. The summed E-state index contributed by atoms with van der Waals surface area (Å²) in [5.41, 5.74) is 11.3. The molecule has 2 rings (SSSR count). The van der Waals surface area contributed by atoms with E-state index in [2.05, 4.69) is 4.98 Å². The highest BCUT2D eigenvalue weighted by atomic mass is 16.4. The number of aromatic nitrogens is 1. The molecule has 108 valence electrons. The Hall–Kier alpha value is -2.31. The van der Waals surface area contributed by atoms with Crippen LogP contribution in [0, 0.1) is 5.92 Å². The van der Waals surface area contributed by atoms with Gasteiger partial charge in [0, 0.05) is 25.7 Å². The summed E-state index contributed by atoms with van der Waals surface area (Å²) in [6, 6.07) is 1.39. The first-order valence-electron chi connectivity index (χ1n) is 6.50. The predicted octanol–water partition coefficient (Wildman–Crippen LogP) is 0.454. The molecule has 0 saturated carbocycles. The van der Waals surface area contributed by atoms with Crippen molar-refractivity contribution >= 4 is 23.4 Å². The van der Waals surface area contributed by atoms with Crippen LogP contribution in [0.2, 0.25) is 0 Å². The number of amides is 1. The summed E-state index contributed by atoms with van der Waals surface area (Å²) in [5.74, 6) is -0.557. The van der Waals surface area contributed by atoms with E-state index in [1.54, 1.807) is 0 Å². The Morgan fingerprint density at radius 3 is 2.60 bits per heavy atom. The summed E-state index contributed by atoms with van der Waals surface area (Å²) in [6.45, 7) is 1.39. The minimum absolute atomic E-state index is 0.0641. The fourth-order valence-corrected chi connectivity index (χ4v) is 2.53. The zero-order chi connectivity index (χ0) is 14.7. The lowest BCUT2D eigenvalue weighted by Gasteiger charge is -2.33. The Labute approximate surface area is 116 Å². The molecule has 1 fully saturated rings. The zero-order valence-corrected chi connectivity index (χ0v) is 11.1. The standard InChI is InChI=1S/C13H18N4O3/c14-10(18)7-8-2-5-17(6-3-8)12-11(15)9(13(19)20)1-4-16-12/h1,4,8H,2-3,5-7,15H2,(H2,14,18)(H,19,20). The highest BCUT2D eigenvalue weighted by Gasteiger charge is 2.24. The molecule has 1 aromatic rings. The summed E-state index contributed by atoms with van der Waals surface area (Å²) in [7, 11) is 0. The minimum Gasteiger partial charge on any atom is -0.478 e. The second kappa shape index (κ2) is 5.77. The van der Waals surface area contributed by atoms with Crippen molar-refractivity contribution in [1.29, 1.82) is 0 Å². The molecular weight excluding hydrogens is 260 g/mol. The lowest BCUT2D eigenvalue weighted by molar-refractivity contribution is -0.119. The van der Waals surface area contributed by atoms with Crippen molar-refractivity contribution in [2.75, 3.05) is 23.7 Å². The molecule has 0 radical (unpaired) electrons.